The summed E-state index contributed by atoms with van der Waals surface area (Å²) < 4.78 is 11.5. The Bertz CT molecular complexity index is 1800. The van der Waals surface area contributed by atoms with Gasteiger partial charge in [-0.2, -0.15) is 0 Å². The van der Waals surface area contributed by atoms with Crippen molar-refractivity contribution < 1.29 is 34.1 Å². The van der Waals surface area contributed by atoms with E-state index in [0.29, 0.717) is 28.5 Å². The first-order chi connectivity index (χ1) is 20.5. The number of hydrogen-bond acceptors (Lipinski definition) is 9. The molecule has 1 amide bonds. The normalized spacial score (nSPS) is 16.0. The monoisotopic (exact) mass is 662 g/mol. The molecule has 0 bridgehead atoms. The van der Waals surface area contributed by atoms with Gasteiger partial charge in [-0.05, 0) is 82.9 Å². The summed E-state index contributed by atoms with van der Waals surface area (Å²) in [6.07, 6.45) is 0. The van der Waals surface area contributed by atoms with Crippen molar-refractivity contribution >= 4 is 55.6 Å². The number of halogens is 1. The summed E-state index contributed by atoms with van der Waals surface area (Å²) >= 11 is 4.28. The molecule has 11 heteroatoms. The smallest absolute Gasteiger partial charge is 0.301 e. The van der Waals surface area contributed by atoms with E-state index in [9.17, 15) is 24.6 Å². The van der Waals surface area contributed by atoms with Crippen molar-refractivity contribution in [3.8, 4) is 17.2 Å². The summed E-state index contributed by atoms with van der Waals surface area (Å²) in [6.45, 7) is 5.40. The van der Waals surface area contributed by atoms with Crippen LogP contribution in [0.1, 0.15) is 50.6 Å². The number of ketones is 2. The highest BCUT2D eigenvalue weighted by molar-refractivity contribution is 9.10. The van der Waals surface area contributed by atoms with Crippen LogP contribution >= 0.6 is 27.3 Å². The van der Waals surface area contributed by atoms with Crippen LogP contribution in [0.25, 0.3) is 5.76 Å². The van der Waals surface area contributed by atoms with Crippen molar-refractivity contribution in [3.63, 3.8) is 0 Å². The van der Waals surface area contributed by atoms with E-state index in [1.54, 1.807) is 31.2 Å². The molecular weight excluding hydrogens is 636 g/mol. The molecular formula is C32H27BrN2O7S. The van der Waals surface area contributed by atoms with Gasteiger partial charge in [0.1, 0.15) is 18.1 Å². The van der Waals surface area contributed by atoms with Crippen molar-refractivity contribution in [1.29, 1.82) is 0 Å². The number of nitrogens with zero attached hydrogens (tertiary/aromatic N) is 2. The number of methoxy groups -OCH3 is 1. The number of carbonyl (C=O) groups is 3. The Labute approximate surface area is 260 Å². The van der Waals surface area contributed by atoms with Crippen LogP contribution in [-0.2, 0) is 16.2 Å². The highest BCUT2D eigenvalue weighted by Gasteiger charge is 2.48. The van der Waals surface area contributed by atoms with Crippen molar-refractivity contribution in [2.75, 3.05) is 12.0 Å². The summed E-state index contributed by atoms with van der Waals surface area (Å²) in [7, 11) is 1.37. The van der Waals surface area contributed by atoms with Crippen LogP contribution in [0.3, 0.4) is 0 Å². The largest absolute Gasteiger partial charge is 0.507 e. The molecule has 1 aliphatic heterocycles. The molecule has 2 N–H and O–H groups in total. The quantitative estimate of drug-likeness (QED) is 0.0930. The second kappa shape index (κ2) is 12.0. The number of thiazole rings is 1. The number of benzene rings is 3. The van der Waals surface area contributed by atoms with Gasteiger partial charge in [0.2, 0.25) is 0 Å². The molecule has 1 aromatic heterocycles. The molecule has 3 aromatic carbocycles. The minimum atomic E-state index is -1.15. The number of aryl methyl sites for hydroxylation is 2. The van der Waals surface area contributed by atoms with E-state index in [0.717, 1.165) is 27.4 Å². The van der Waals surface area contributed by atoms with Gasteiger partial charge in [0.25, 0.3) is 5.78 Å². The lowest BCUT2D eigenvalue weighted by molar-refractivity contribution is -0.132. The summed E-state index contributed by atoms with van der Waals surface area (Å²) in [6, 6.07) is 16.3. The maximum absolute atomic E-state index is 13.6. The Kier molecular flexibility index (Phi) is 8.38. The number of aromatic hydroxyl groups is 1. The third kappa shape index (κ3) is 5.65. The average Bonchev–Trinajstić information content (AvgIpc) is 3.50. The van der Waals surface area contributed by atoms with E-state index in [1.807, 2.05) is 31.2 Å². The van der Waals surface area contributed by atoms with Gasteiger partial charge in [0.05, 0.1) is 33.8 Å². The summed E-state index contributed by atoms with van der Waals surface area (Å²) in [5, 5.41) is 22.1. The molecule has 1 saturated heterocycles. The summed E-state index contributed by atoms with van der Waals surface area (Å²) in [5.74, 6) is -2.01. The second-order valence-corrected chi connectivity index (χ2v) is 11.8. The number of phenols is 1. The molecule has 0 spiro atoms. The standard InChI is InChI=1S/C32H27BrN2O7S/c1-16-7-5-6-8-20(16)15-42-22-11-9-19(10-12-22)27(37)25-26(21-13-23(33)28(38)24(14-21)41-4)35(31(40)29(25)39)32-34-17(2)30(43-32)18(3)36/h5-14,26,37-38H,15H2,1-4H3/b27-25+. The number of Topliss-reactive ketones (excluding diaryl/α,β-unsaturated/α-hetero) is 2. The minimum absolute atomic E-state index is 0.0878. The van der Waals surface area contributed by atoms with Crippen LogP contribution in [0.4, 0.5) is 5.13 Å². The van der Waals surface area contributed by atoms with E-state index in [1.165, 1.54) is 26.2 Å². The Hall–Kier alpha value is -4.48. The first kappa shape index (κ1) is 30.0. The zero-order valence-corrected chi connectivity index (χ0v) is 26.1. The lowest BCUT2D eigenvalue weighted by Crippen LogP contribution is -2.29. The Balaban J connectivity index is 1.59. The van der Waals surface area contributed by atoms with Crippen LogP contribution in [-0.4, -0.2) is 39.8 Å². The van der Waals surface area contributed by atoms with Crippen LogP contribution in [0.5, 0.6) is 17.2 Å². The number of aliphatic hydroxyl groups is 1. The number of aliphatic hydroxyl groups excluding tert-OH is 1. The lowest BCUT2D eigenvalue weighted by Gasteiger charge is -2.24. The summed E-state index contributed by atoms with van der Waals surface area (Å²) in [5.41, 5.74) is 3.02. The van der Waals surface area contributed by atoms with Gasteiger partial charge in [0, 0.05) is 12.5 Å². The second-order valence-electron chi connectivity index (χ2n) is 9.93. The molecule has 0 radical (unpaired) electrons. The number of hydrogen-bond donors (Lipinski definition) is 2. The summed E-state index contributed by atoms with van der Waals surface area (Å²) in [4.78, 5) is 45.2. The van der Waals surface area contributed by atoms with Gasteiger partial charge < -0.3 is 19.7 Å². The number of carbonyl (C=O) groups excluding carboxylic acids is 3. The molecule has 0 aliphatic carbocycles. The maximum Gasteiger partial charge on any atom is 0.301 e. The zero-order valence-electron chi connectivity index (χ0n) is 23.7. The van der Waals surface area contributed by atoms with E-state index in [-0.39, 0.29) is 38.0 Å². The number of anilines is 1. The highest BCUT2D eigenvalue weighted by atomic mass is 79.9. The lowest BCUT2D eigenvalue weighted by atomic mass is 9.95. The Morgan fingerprint density at radius 1 is 1.09 bits per heavy atom. The topological polar surface area (TPSA) is 126 Å². The van der Waals surface area contributed by atoms with Crippen molar-refractivity contribution in [1.82, 2.24) is 4.98 Å². The molecule has 1 aliphatic rings. The molecule has 1 unspecified atom stereocenters. The van der Waals surface area contributed by atoms with Crippen LogP contribution in [0, 0.1) is 13.8 Å². The fourth-order valence-electron chi connectivity index (χ4n) is 4.86. The number of phenolic OH excluding ortho intramolecular Hbond substituents is 1. The molecule has 220 valence electrons. The fraction of sp³-hybridized carbons (Fsp3) is 0.188. The highest BCUT2D eigenvalue weighted by Crippen LogP contribution is 2.47. The maximum atomic E-state index is 13.6. The molecule has 4 aromatic rings. The van der Waals surface area contributed by atoms with Crippen molar-refractivity contribution in [2.24, 2.45) is 0 Å². The number of aromatic nitrogens is 1. The zero-order chi connectivity index (χ0) is 31.0. The van der Waals surface area contributed by atoms with Crippen LogP contribution in [0.2, 0.25) is 0 Å². The number of ether oxygens (including phenoxy) is 2. The molecule has 43 heavy (non-hydrogen) atoms. The SMILES string of the molecule is COc1cc(C2/C(=C(\O)c3ccc(OCc4ccccc4C)cc3)C(=O)C(=O)N2c2nc(C)c(C(C)=O)s2)cc(Br)c1O. The molecule has 2 heterocycles. The average molecular weight is 664 g/mol. The van der Waals surface area contributed by atoms with Crippen LogP contribution in [0.15, 0.2) is 70.7 Å². The fourth-order valence-corrected chi connectivity index (χ4v) is 6.31. The Morgan fingerprint density at radius 2 is 1.79 bits per heavy atom. The first-order valence-corrected chi connectivity index (χ1v) is 14.8. The minimum Gasteiger partial charge on any atom is -0.507 e. The van der Waals surface area contributed by atoms with Gasteiger partial charge in [-0.1, -0.05) is 35.6 Å². The molecule has 1 fully saturated rings. The van der Waals surface area contributed by atoms with E-state index in [4.69, 9.17) is 9.47 Å². The molecule has 0 saturated carbocycles. The van der Waals surface area contributed by atoms with Crippen molar-refractivity contribution in [3.05, 3.63) is 104 Å². The Morgan fingerprint density at radius 3 is 2.42 bits per heavy atom. The number of amides is 1. The van der Waals surface area contributed by atoms with Crippen LogP contribution < -0.4 is 14.4 Å². The van der Waals surface area contributed by atoms with Gasteiger partial charge in [-0.3, -0.25) is 19.3 Å². The molecule has 1 atom stereocenters. The molecule has 5 rings (SSSR count). The number of rotatable bonds is 8. The van der Waals surface area contributed by atoms with E-state index in [2.05, 4.69) is 20.9 Å². The van der Waals surface area contributed by atoms with Gasteiger partial charge in [-0.25, -0.2) is 4.98 Å². The van der Waals surface area contributed by atoms with E-state index >= 15 is 0 Å². The first-order valence-electron chi connectivity index (χ1n) is 13.1. The predicted molar refractivity (Wildman–Crippen MR) is 166 cm³/mol. The van der Waals surface area contributed by atoms with Gasteiger partial charge in [-0.15, -0.1) is 0 Å². The third-order valence-electron chi connectivity index (χ3n) is 7.13. The van der Waals surface area contributed by atoms with E-state index < -0.39 is 23.5 Å². The third-order valence-corrected chi connectivity index (χ3v) is 8.99. The van der Waals surface area contributed by atoms with Crippen molar-refractivity contribution in [2.45, 2.75) is 33.4 Å². The molecule has 9 nitrogen and oxygen atoms in total. The predicted octanol–water partition coefficient (Wildman–Crippen LogP) is 6.64. The van der Waals surface area contributed by atoms with Gasteiger partial charge in [0.15, 0.2) is 22.4 Å². The van der Waals surface area contributed by atoms with Gasteiger partial charge >= 0.3 is 5.91 Å².